The predicted octanol–water partition coefficient (Wildman–Crippen LogP) is 3.12. The molecule has 0 spiro atoms. The lowest BCUT2D eigenvalue weighted by Crippen LogP contribution is -2.41. The van der Waals surface area contributed by atoms with Crippen molar-refractivity contribution >= 4 is 39.8 Å². The van der Waals surface area contributed by atoms with Gasteiger partial charge in [-0.15, -0.1) is 24.0 Å². The Hall–Kier alpha value is -1.24. The van der Waals surface area contributed by atoms with E-state index in [0.29, 0.717) is 12.5 Å². The second-order valence-corrected chi connectivity index (χ2v) is 9.69. The van der Waals surface area contributed by atoms with Crippen molar-refractivity contribution in [2.75, 3.05) is 26.0 Å². The number of rotatable bonds is 7. The van der Waals surface area contributed by atoms with Crippen molar-refractivity contribution in [1.29, 1.82) is 0 Å². The number of hydrogen-bond acceptors (Lipinski definition) is 4. The number of nitrogens with one attached hydrogen (secondary N) is 2. The first-order valence-electron chi connectivity index (χ1n) is 8.29. The molecule has 0 radical (unpaired) electrons. The first-order valence-corrected chi connectivity index (χ1v) is 9.94. The quantitative estimate of drug-likeness (QED) is 0.318. The summed E-state index contributed by atoms with van der Waals surface area (Å²) < 4.78 is 64.3. The van der Waals surface area contributed by atoms with Crippen molar-refractivity contribution in [3.05, 3.63) is 29.8 Å². The highest BCUT2D eigenvalue weighted by molar-refractivity contribution is 14.0. The Morgan fingerprint density at radius 2 is 1.68 bits per heavy atom. The monoisotopic (exact) mass is 537 g/mol. The van der Waals surface area contributed by atoms with Gasteiger partial charge in [0.05, 0.1) is 10.5 Å². The summed E-state index contributed by atoms with van der Waals surface area (Å²) in [5.41, 5.74) is 0.805. The van der Waals surface area contributed by atoms with Crippen LogP contribution in [-0.4, -0.2) is 51.3 Å². The summed E-state index contributed by atoms with van der Waals surface area (Å²) in [6, 6.07) is 6.18. The summed E-state index contributed by atoms with van der Waals surface area (Å²) in [6.07, 6.45) is -4.38. The molecule has 0 aliphatic heterocycles. The Balaban J connectivity index is 0.00000729. The Kier molecular flexibility index (Phi) is 10.6. The molecule has 28 heavy (non-hydrogen) atoms. The average molecular weight is 537 g/mol. The largest absolute Gasteiger partial charge is 0.484 e. The van der Waals surface area contributed by atoms with Gasteiger partial charge in [-0.3, -0.25) is 4.99 Å². The molecule has 0 unspecified atom stereocenters. The smallest absolute Gasteiger partial charge is 0.422 e. The Labute approximate surface area is 181 Å². The second-order valence-electron chi connectivity index (χ2n) is 6.83. The number of alkyl halides is 3. The number of aliphatic imine (C=N–C) groups is 1. The zero-order chi connectivity index (χ0) is 20.7. The SMILES string of the molecule is CN=C(NCCS(=O)(=O)C(C)(C)C)NCc1ccc(OCC(F)(F)F)cc1.I. The number of benzene rings is 1. The van der Waals surface area contributed by atoms with Gasteiger partial charge in [0.1, 0.15) is 5.75 Å². The number of hydrogen-bond donors (Lipinski definition) is 2. The lowest BCUT2D eigenvalue weighted by Gasteiger charge is -2.19. The number of ether oxygens (including phenoxy) is 1. The Bertz CT molecular complexity index is 731. The number of halogens is 4. The molecule has 11 heteroatoms. The van der Waals surface area contributed by atoms with Crippen molar-refractivity contribution in [2.24, 2.45) is 4.99 Å². The molecule has 0 atom stereocenters. The third kappa shape index (κ3) is 9.80. The van der Waals surface area contributed by atoms with Crippen LogP contribution in [0.4, 0.5) is 13.2 Å². The molecule has 0 aliphatic rings. The number of guanidine groups is 1. The first-order chi connectivity index (χ1) is 12.3. The fourth-order valence-corrected chi connectivity index (χ4v) is 2.87. The van der Waals surface area contributed by atoms with Crippen molar-refractivity contribution < 1.29 is 26.3 Å². The van der Waals surface area contributed by atoms with Crippen LogP contribution in [-0.2, 0) is 16.4 Å². The highest BCUT2D eigenvalue weighted by Crippen LogP contribution is 2.19. The van der Waals surface area contributed by atoms with Gasteiger partial charge in [0.15, 0.2) is 22.4 Å². The lowest BCUT2D eigenvalue weighted by atomic mass is 10.2. The molecule has 1 aromatic rings. The molecule has 1 aromatic carbocycles. The van der Waals surface area contributed by atoms with Crippen LogP contribution < -0.4 is 15.4 Å². The van der Waals surface area contributed by atoms with E-state index in [1.54, 1.807) is 40.0 Å². The summed E-state index contributed by atoms with van der Waals surface area (Å²) in [5.74, 6) is 0.532. The van der Waals surface area contributed by atoms with Gasteiger partial charge >= 0.3 is 6.18 Å². The zero-order valence-electron chi connectivity index (χ0n) is 16.3. The maximum Gasteiger partial charge on any atom is 0.422 e. The molecule has 0 heterocycles. The van der Waals surface area contributed by atoms with Crippen LogP contribution in [0.1, 0.15) is 26.3 Å². The fourth-order valence-electron chi connectivity index (χ4n) is 1.89. The molecule has 1 rings (SSSR count). The molecule has 0 aliphatic carbocycles. The normalized spacial score (nSPS) is 12.9. The van der Waals surface area contributed by atoms with E-state index in [1.165, 1.54) is 12.1 Å². The average Bonchev–Trinajstić information content (AvgIpc) is 2.55. The minimum Gasteiger partial charge on any atom is -0.484 e. The highest BCUT2D eigenvalue weighted by Gasteiger charge is 2.29. The number of sulfone groups is 1. The molecule has 0 aromatic heterocycles. The van der Waals surface area contributed by atoms with Crippen molar-refractivity contribution in [3.63, 3.8) is 0 Å². The first kappa shape index (κ1) is 26.8. The molecule has 162 valence electrons. The maximum atomic E-state index is 12.1. The van der Waals surface area contributed by atoms with Crippen LogP contribution in [0.15, 0.2) is 29.3 Å². The minimum atomic E-state index is -4.38. The van der Waals surface area contributed by atoms with Crippen LogP contribution >= 0.6 is 24.0 Å². The summed E-state index contributed by atoms with van der Waals surface area (Å²) in [7, 11) is -1.67. The summed E-state index contributed by atoms with van der Waals surface area (Å²) >= 11 is 0. The highest BCUT2D eigenvalue weighted by atomic mass is 127. The standard InChI is InChI=1S/C17H26F3N3O3S.HI/c1-16(2,3)27(24,25)10-9-22-15(21-4)23-11-13-5-7-14(8-6-13)26-12-17(18,19)20;/h5-8H,9-12H2,1-4H3,(H2,21,22,23);1H. The van der Waals surface area contributed by atoms with E-state index < -0.39 is 27.4 Å². The molecule has 2 N–H and O–H groups in total. The predicted molar refractivity (Wildman–Crippen MR) is 115 cm³/mol. The van der Waals surface area contributed by atoms with Crippen LogP contribution in [0, 0.1) is 0 Å². The van der Waals surface area contributed by atoms with Crippen LogP contribution in [0.3, 0.4) is 0 Å². The second kappa shape index (κ2) is 11.1. The molecule has 0 saturated heterocycles. The molecule has 0 saturated carbocycles. The van der Waals surface area contributed by atoms with Gasteiger partial charge in [0.2, 0.25) is 0 Å². The molecule has 6 nitrogen and oxygen atoms in total. The summed E-state index contributed by atoms with van der Waals surface area (Å²) in [6.45, 7) is 4.19. The number of nitrogens with zero attached hydrogens (tertiary/aromatic N) is 1. The third-order valence-electron chi connectivity index (χ3n) is 3.61. The topological polar surface area (TPSA) is 79.8 Å². The van der Waals surface area contributed by atoms with Crippen molar-refractivity contribution in [2.45, 2.75) is 38.2 Å². The minimum absolute atomic E-state index is 0. The fraction of sp³-hybridized carbons (Fsp3) is 0.588. The van der Waals surface area contributed by atoms with E-state index in [-0.39, 0.29) is 42.0 Å². The van der Waals surface area contributed by atoms with Gasteiger partial charge in [-0.05, 0) is 38.5 Å². The zero-order valence-corrected chi connectivity index (χ0v) is 19.4. The van der Waals surface area contributed by atoms with Gasteiger partial charge in [0.25, 0.3) is 0 Å². The molecule has 0 amide bonds. The van der Waals surface area contributed by atoms with Crippen LogP contribution in [0.5, 0.6) is 5.75 Å². The van der Waals surface area contributed by atoms with E-state index in [0.717, 1.165) is 5.56 Å². The third-order valence-corrected chi connectivity index (χ3v) is 6.21. The van der Waals surface area contributed by atoms with Crippen molar-refractivity contribution in [1.82, 2.24) is 10.6 Å². The van der Waals surface area contributed by atoms with E-state index >= 15 is 0 Å². The van der Waals surface area contributed by atoms with Gasteiger partial charge < -0.3 is 15.4 Å². The molecular formula is C17H27F3IN3O3S. The van der Waals surface area contributed by atoms with Crippen LogP contribution in [0.25, 0.3) is 0 Å². The Morgan fingerprint density at radius 3 is 2.14 bits per heavy atom. The van der Waals surface area contributed by atoms with E-state index in [2.05, 4.69) is 20.4 Å². The summed E-state index contributed by atoms with van der Waals surface area (Å²) in [4.78, 5) is 4.01. The maximum absolute atomic E-state index is 12.1. The van der Waals surface area contributed by atoms with E-state index in [4.69, 9.17) is 0 Å². The van der Waals surface area contributed by atoms with Gasteiger partial charge in [-0.1, -0.05) is 12.1 Å². The van der Waals surface area contributed by atoms with Gasteiger partial charge in [-0.25, -0.2) is 8.42 Å². The van der Waals surface area contributed by atoms with Crippen molar-refractivity contribution in [3.8, 4) is 5.75 Å². The summed E-state index contributed by atoms with van der Waals surface area (Å²) in [5, 5.41) is 5.94. The lowest BCUT2D eigenvalue weighted by molar-refractivity contribution is -0.153. The molecule has 0 fully saturated rings. The Morgan fingerprint density at radius 1 is 1.11 bits per heavy atom. The molecule has 0 bridgehead atoms. The van der Waals surface area contributed by atoms with Gasteiger partial charge in [-0.2, -0.15) is 13.2 Å². The van der Waals surface area contributed by atoms with E-state index in [1.807, 2.05) is 0 Å². The van der Waals surface area contributed by atoms with Crippen LogP contribution in [0.2, 0.25) is 0 Å². The molecular weight excluding hydrogens is 510 g/mol. The van der Waals surface area contributed by atoms with Gasteiger partial charge in [0, 0.05) is 20.1 Å². The van der Waals surface area contributed by atoms with E-state index in [9.17, 15) is 21.6 Å².